The highest BCUT2D eigenvalue weighted by atomic mass is 32.2. The zero-order valence-electron chi connectivity index (χ0n) is 14.4. The van der Waals surface area contributed by atoms with Crippen LogP contribution in [0.15, 0.2) is 53.0 Å². The van der Waals surface area contributed by atoms with Gasteiger partial charge >= 0.3 is 0 Å². The number of hydrogen-bond acceptors (Lipinski definition) is 5. The van der Waals surface area contributed by atoms with E-state index in [4.69, 9.17) is 0 Å². The van der Waals surface area contributed by atoms with Gasteiger partial charge in [-0.2, -0.15) is 4.31 Å². The molecule has 3 aromatic rings. The number of fused-ring (bicyclic) bond motifs is 1. The number of thiophene rings is 1. The van der Waals surface area contributed by atoms with Gasteiger partial charge in [0.25, 0.3) is 0 Å². The molecule has 0 radical (unpaired) electrons. The van der Waals surface area contributed by atoms with E-state index in [2.05, 4.69) is 9.97 Å². The van der Waals surface area contributed by atoms with Crippen molar-refractivity contribution in [1.82, 2.24) is 19.2 Å². The van der Waals surface area contributed by atoms with E-state index in [1.165, 1.54) is 10.5 Å². The molecule has 4 heterocycles. The topological polar surface area (TPSA) is 86.4 Å². The highest BCUT2D eigenvalue weighted by molar-refractivity contribution is 7.89. The Morgan fingerprint density at radius 1 is 1.19 bits per heavy atom. The fraction of sp³-hybridized carbons (Fsp3) is 0.222. The summed E-state index contributed by atoms with van der Waals surface area (Å²) in [4.78, 5) is 22.3. The molecule has 27 heavy (non-hydrogen) atoms. The second kappa shape index (κ2) is 7.26. The Morgan fingerprint density at radius 2 is 2.00 bits per heavy atom. The molecule has 0 spiro atoms. The lowest BCUT2D eigenvalue weighted by Crippen LogP contribution is -2.50. The van der Waals surface area contributed by atoms with E-state index < -0.39 is 10.0 Å². The molecule has 0 aromatic carbocycles. The summed E-state index contributed by atoms with van der Waals surface area (Å²) >= 11 is 1.56. The van der Waals surface area contributed by atoms with Crippen LogP contribution in [0, 0.1) is 0 Å². The van der Waals surface area contributed by atoms with Crippen molar-refractivity contribution >= 4 is 44.4 Å². The molecule has 0 atom stereocenters. The molecule has 7 nitrogen and oxygen atoms in total. The Hall–Kier alpha value is -2.49. The van der Waals surface area contributed by atoms with Gasteiger partial charge in [0.1, 0.15) is 10.5 Å². The lowest BCUT2D eigenvalue weighted by atomic mass is 10.3. The number of rotatable bonds is 4. The number of pyridine rings is 1. The Bertz CT molecular complexity index is 1080. The van der Waals surface area contributed by atoms with E-state index in [9.17, 15) is 13.2 Å². The first-order valence-electron chi connectivity index (χ1n) is 8.48. The van der Waals surface area contributed by atoms with E-state index in [0.717, 1.165) is 4.88 Å². The molecule has 0 saturated carbocycles. The van der Waals surface area contributed by atoms with Crippen LogP contribution in [0.25, 0.3) is 17.1 Å². The number of aromatic amines is 1. The van der Waals surface area contributed by atoms with Crippen molar-refractivity contribution in [2.24, 2.45) is 0 Å². The third-order valence-corrected chi connectivity index (χ3v) is 7.29. The number of nitrogens with one attached hydrogen (secondary N) is 1. The van der Waals surface area contributed by atoms with E-state index in [-0.39, 0.29) is 23.9 Å². The second-order valence-electron chi connectivity index (χ2n) is 6.13. The monoisotopic (exact) mass is 402 g/mol. The maximum absolute atomic E-state index is 13.0. The summed E-state index contributed by atoms with van der Waals surface area (Å²) in [6.45, 7) is 1.28. The lowest BCUT2D eigenvalue weighted by molar-refractivity contribution is -0.127. The first kappa shape index (κ1) is 17.9. The Labute approximate surface area is 161 Å². The molecular weight excluding hydrogens is 384 g/mol. The molecule has 0 unspecified atom stereocenters. The van der Waals surface area contributed by atoms with Gasteiger partial charge in [0, 0.05) is 54.9 Å². The number of piperazine rings is 1. The van der Waals surface area contributed by atoms with Gasteiger partial charge in [0.15, 0.2) is 0 Å². The third kappa shape index (κ3) is 3.53. The predicted octanol–water partition coefficient (Wildman–Crippen LogP) is 2.17. The number of hydrogen-bond donors (Lipinski definition) is 1. The number of nitrogens with zero attached hydrogens (tertiary/aromatic N) is 3. The van der Waals surface area contributed by atoms with Crippen molar-refractivity contribution in [3.63, 3.8) is 0 Å². The van der Waals surface area contributed by atoms with Crippen molar-refractivity contribution in [3.8, 4) is 0 Å². The van der Waals surface area contributed by atoms with E-state index >= 15 is 0 Å². The predicted molar refractivity (Wildman–Crippen MR) is 105 cm³/mol. The standard InChI is InChI=1S/C18H18N4O3S2/c23-17(6-5-14-3-2-12-26-14)21-8-10-22(11-9-21)27(24,25)16-13-20-18-15(16)4-1-7-19-18/h1-7,12-13H,8-11H2,(H,19,20)/b6-5+. The van der Waals surface area contributed by atoms with Crippen molar-refractivity contribution in [2.45, 2.75) is 4.90 Å². The number of carbonyl (C=O) groups is 1. The largest absolute Gasteiger partial charge is 0.345 e. The zero-order valence-corrected chi connectivity index (χ0v) is 16.0. The fourth-order valence-electron chi connectivity index (χ4n) is 3.08. The summed E-state index contributed by atoms with van der Waals surface area (Å²) in [5.41, 5.74) is 0.545. The minimum atomic E-state index is -3.63. The van der Waals surface area contributed by atoms with Crippen LogP contribution < -0.4 is 0 Å². The Kier molecular flexibility index (Phi) is 4.81. The Balaban J connectivity index is 1.45. The van der Waals surface area contributed by atoms with Crippen LogP contribution in [0.3, 0.4) is 0 Å². The van der Waals surface area contributed by atoms with Crippen LogP contribution in [0.5, 0.6) is 0 Å². The first-order valence-corrected chi connectivity index (χ1v) is 10.8. The summed E-state index contributed by atoms with van der Waals surface area (Å²) in [5, 5.41) is 2.53. The van der Waals surface area contributed by atoms with Gasteiger partial charge in [-0.1, -0.05) is 6.07 Å². The van der Waals surface area contributed by atoms with Crippen LogP contribution in [0.4, 0.5) is 0 Å². The molecule has 1 N–H and O–H groups in total. The van der Waals surface area contributed by atoms with Crippen LogP contribution in [-0.4, -0.2) is 59.7 Å². The van der Waals surface area contributed by atoms with Crippen molar-refractivity contribution < 1.29 is 13.2 Å². The molecule has 9 heteroatoms. The maximum atomic E-state index is 13.0. The average molecular weight is 403 g/mol. The number of sulfonamides is 1. The van der Waals surface area contributed by atoms with Crippen LogP contribution in [0.1, 0.15) is 4.88 Å². The molecule has 3 aromatic heterocycles. The van der Waals surface area contributed by atoms with Gasteiger partial charge in [-0.3, -0.25) is 4.79 Å². The summed E-state index contributed by atoms with van der Waals surface area (Å²) in [6, 6.07) is 7.32. The number of amides is 1. The summed E-state index contributed by atoms with van der Waals surface area (Å²) < 4.78 is 27.4. The summed E-state index contributed by atoms with van der Waals surface area (Å²) in [5.74, 6) is -0.100. The molecular formula is C18H18N4O3S2. The van der Waals surface area contributed by atoms with Crippen molar-refractivity contribution in [3.05, 3.63) is 53.0 Å². The van der Waals surface area contributed by atoms with Gasteiger partial charge in [-0.05, 0) is 29.7 Å². The van der Waals surface area contributed by atoms with Crippen LogP contribution in [-0.2, 0) is 14.8 Å². The van der Waals surface area contributed by atoms with Gasteiger partial charge in [-0.15, -0.1) is 11.3 Å². The zero-order chi connectivity index (χ0) is 18.9. The first-order chi connectivity index (χ1) is 13.1. The maximum Gasteiger partial charge on any atom is 0.246 e. The highest BCUT2D eigenvalue weighted by Crippen LogP contribution is 2.25. The molecule has 1 fully saturated rings. The molecule has 0 aliphatic carbocycles. The fourth-order valence-corrected chi connectivity index (χ4v) is 5.27. The van der Waals surface area contributed by atoms with E-state index in [0.29, 0.717) is 24.1 Å². The highest BCUT2D eigenvalue weighted by Gasteiger charge is 2.31. The quantitative estimate of drug-likeness (QED) is 0.678. The average Bonchev–Trinajstić information content (AvgIpc) is 3.36. The normalized spacial score (nSPS) is 16.4. The summed E-state index contributed by atoms with van der Waals surface area (Å²) in [6.07, 6.45) is 6.42. The Morgan fingerprint density at radius 3 is 2.74 bits per heavy atom. The molecule has 4 rings (SSSR count). The third-order valence-electron chi connectivity index (χ3n) is 4.51. The van der Waals surface area contributed by atoms with Gasteiger partial charge in [0.05, 0.1) is 0 Å². The smallest absolute Gasteiger partial charge is 0.246 e. The number of carbonyl (C=O) groups excluding carboxylic acids is 1. The van der Waals surface area contributed by atoms with Crippen LogP contribution >= 0.6 is 11.3 Å². The van der Waals surface area contributed by atoms with Gasteiger partial charge in [0.2, 0.25) is 15.9 Å². The van der Waals surface area contributed by atoms with E-state index in [1.54, 1.807) is 46.7 Å². The lowest BCUT2D eigenvalue weighted by Gasteiger charge is -2.33. The number of H-pyrrole nitrogens is 1. The van der Waals surface area contributed by atoms with Gasteiger partial charge in [-0.25, -0.2) is 13.4 Å². The van der Waals surface area contributed by atoms with Crippen molar-refractivity contribution in [2.75, 3.05) is 26.2 Å². The molecule has 1 saturated heterocycles. The minimum absolute atomic E-state index is 0.100. The van der Waals surface area contributed by atoms with Gasteiger partial charge < -0.3 is 9.88 Å². The number of aromatic nitrogens is 2. The van der Waals surface area contributed by atoms with Crippen LogP contribution in [0.2, 0.25) is 0 Å². The molecule has 0 bridgehead atoms. The van der Waals surface area contributed by atoms with E-state index in [1.807, 2.05) is 17.5 Å². The SMILES string of the molecule is O=C(/C=C/c1cccs1)N1CCN(S(=O)(=O)c2c[nH]c3ncccc23)CC1. The minimum Gasteiger partial charge on any atom is -0.345 e. The molecule has 1 aliphatic rings. The van der Waals surface area contributed by atoms with Crippen molar-refractivity contribution in [1.29, 1.82) is 0 Å². The molecule has 1 amide bonds. The molecule has 140 valence electrons. The summed E-state index contributed by atoms with van der Waals surface area (Å²) in [7, 11) is -3.63. The second-order valence-corrected chi connectivity index (χ2v) is 9.02. The molecule has 1 aliphatic heterocycles.